The summed E-state index contributed by atoms with van der Waals surface area (Å²) in [5, 5.41) is 1.72. The summed E-state index contributed by atoms with van der Waals surface area (Å²) >= 11 is 0. The quantitative estimate of drug-likeness (QED) is 0.458. The molecule has 0 fully saturated rings. The van der Waals surface area contributed by atoms with Gasteiger partial charge in [-0.1, -0.05) is 37.4 Å². The average molecular weight is 384 g/mol. The Labute approximate surface area is 164 Å². The minimum atomic E-state index is -0.490. The van der Waals surface area contributed by atoms with Crippen molar-refractivity contribution in [2.45, 2.75) is 26.1 Å². The highest BCUT2D eigenvalue weighted by molar-refractivity contribution is 5.93. The van der Waals surface area contributed by atoms with Crippen molar-refractivity contribution in [1.82, 2.24) is 0 Å². The Bertz CT molecular complexity index is 786. The van der Waals surface area contributed by atoms with E-state index in [2.05, 4.69) is 13.2 Å². The molecule has 0 aromatic heterocycles. The molecule has 0 saturated heterocycles. The predicted molar refractivity (Wildman–Crippen MR) is 106 cm³/mol. The van der Waals surface area contributed by atoms with E-state index < -0.39 is 24.1 Å². The summed E-state index contributed by atoms with van der Waals surface area (Å²) in [6.07, 6.45) is 1.40. The molecule has 0 N–H and O–H groups in total. The van der Waals surface area contributed by atoms with Crippen molar-refractivity contribution in [3.05, 3.63) is 61.7 Å². The van der Waals surface area contributed by atoms with Crippen LogP contribution >= 0.6 is 0 Å². The Morgan fingerprint density at radius 2 is 1.21 bits per heavy atom. The molecule has 6 heteroatoms. The maximum atomic E-state index is 11.3. The van der Waals surface area contributed by atoms with Crippen molar-refractivity contribution in [1.29, 1.82) is 0 Å². The Morgan fingerprint density at radius 1 is 0.821 bits per heavy atom. The van der Waals surface area contributed by atoms with Gasteiger partial charge in [-0.25, -0.2) is 9.59 Å². The van der Waals surface area contributed by atoms with Gasteiger partial charge in [0.15, 0.2) is 0 Å². The molecule has 0 spiro atoms. The van der Waals surface area contributed by atoms with E-state index in [0.717, 1.165) is 22.9 Å². The third-order valence-electron chi connectivity index (χ3n) is 3.76. The molecular formula is C22H24O6. The fourth-order valence-electron chi connectivity index (χ4n) is 2.48. The Morgan fingerprint density at radius 3 is 1.57 bits per heavy atom. The highest BCUT2D eigenvalue weighted by atomic mass is 16.6. The average Bonchev–Trinajstić information content (AvgIpc) is 2.70. The van der Waals surface area contributed by atoms with Gasteiger partial charge in [-0.15, -0.1) is 0 Å². The highest BCUT2D eigenvalue weighted by Gasteiger charge is 2.12. The smallest absolute Gasteiger partial charge is 0.330 e. The van der Waals surface area contributed by atoms with Gasteiger partial charge in [0.2, 0.25) is 0 Å². The van der Waals surface area contributed by atoms with Crippen molar-refractivity contribution >= 4 is 22.7 Å². The van der Waals surface area contributed by atoms with Gasteiger partial charge >= 0.3 is 11.9 Å². The van der Waals surface area contributed by atoms with Crippen LogP contribution in [0, 0.1) is 0 Å². The number of rotatable bonds is 10. The SMILES string of the molecule is C=CC(=O)OC(C)COc1cccc2c(OCC(C)OC(=O)C=C)cccc12. The number of hydrogen-bond donors (Lipinski definition) is 0. The first-order chi connectivity index (χ1) is 13.4. The maximum Gasteiger partial charge on any atom is 0.330 e. The van der Waals surface area contributed by atoms with E-state index in [-0.39, 0.29) is 13.2 Å². The second-order valence-electron chi connectivity index (χ2n) is 6.13. The summed E-state index contributed by atoms with van der Waals surface area (Å²) in [5.74, 6) is 0.318. The molecule has 0 heterocycles. The normalized spacial score (nSPS) is 12.5. The van der Waals surface area contributed by atoms with Gasteiger partial charge in [-0.2, -0.15) is 0 Å². The third-order valence-corrected chi connectivity index (χ3v) is 3.76. The van der Waals surface area contributed by atoms with Gasteiger partial charge in [0, 0.05) is 22.9 Å². The van der Waals surface area contributed by atoms with Gasteiger partial charge in [0.1, 0.15) is 36.9 Å². The summed E-state index contributed by atoms with van der Waals surface area (Å²) in [4.78, 5) is 22.5. The topological polar surface area (TPSA) is 71.1 Å². The second kappa shape index (κ2) is 10.2. The largest absolute Gasteiger partial charge is 0.489 e. The van der Waals surface area contributed by atoms with Crippen LogP contribution in [0.4, 0.5) is 0 Å². The Kier molecular flexibility index (Phi) is 7.63. The molecular weight excluding hydrogens is 360 g/mol. The van der Waals surface area contributed by atoms with Crippen LogP contribution in [0.1, 0.15) is 13.8 Å². The first kappa shape index (κ1) is 21.0. The van der Waals surface area contributed by atoms with E-state index in [4.69, 9.17) is 18.9 Å². The van der Waals surface area contributed by atoms with Gasteiger partial charge < -0.3 is 18.9 Å². The van der Waals surface area contributed by atoms with E-state index >= 15 is 0 Å². The molecule has 2 rings (SSSR count). The molecule has 0 radical (unpaired) electrons. The number of esters is 2. The second-order valence-corrected chi connectivity index (χ2v) is 6.13. The van der Waals surface area contributed by atoms with Crippen LogP contribution in [0.5, 0.6) is 11.5 Å². The summed E-state index contributed by atoms with van der Waals surface area (Å²) in [6.45, 7) is 10.6. The molecule has 0 aliphatic carbocycles. The zero-order valence-electron chi connectivity index (χ0n) is 16.1. The number of ether oxygens (including phenoxy) is 4. The zero-order chi connectivity index (χ0) is 20.5. The van der Waals surface area contributed by atoms with Crippen LogP contribution in [-0.4, -0.2) is 37.4 Å². The molecule has 2 atom stereocenters. The van der Waals surface area contributed by atoms with Gasteiger partial charge in [-0.3, -0.25) is 0 Å². The van der Waals surface area contributed by atoms with Crippen LogP contribution in [-0.2, 0) is 19.1 Å². The molecule has 2 aromatic carbocycles. The van der Waals surface area contributed by atoms with Crippen LogP contribution in [0.25, 0.3) is 10.8 Å². The lowest BCUT2D eigenvalue weighted by Gasteiger charge is -2.17. The first-order valence-corrected chi connectivity index (χ1v) is 8.88. The lowest BCUT2D eigenvalue weighted by atomic mass is 10.1. The Balaban J connectivity index is 2.09. The van der Waals surface area contributed by atoms with Crippen LogP contribution < -0.4 is 9.47 Å². The standard InChI is InChI=1S/C22H24O6/c1-5-21(23)27-15(3)13-25-19-11-7-10-18-17(19)9-8-12-20(18)26-14-16(4)28-22(24)6-2/h5-12,15-16H,1-2,13-14H2,3-4H3. The summed E-state index contributed by atoms with van der Waals surface area (Å²) in [5.41, 5.74) is 0. The number of hydrogen-bond acceptors (Lipinski definition) is 6. The molecule has 0 bridgehead atoms. The van der Waals surface area contributed by atoms with E-state index in [1.807, 2.05) is 36.4 Å². The summed E-state index contributed by atoms with van der Waals surface area (Å²) in [6, 6.07) is 11.2. The zero-order valence-corrected chi connectivity index (χ0v) is 16.1. The lowest BCUT2D eigenvalue weighted by Crippen LogP contribution is -2.21. The van der Waals surface area contributed by atoms with Crippen molar-refractivity contribution in [3.63, 3.8) is 0 Å². The van der Waals surface area contributed by atoms with E-state index in [0.29, 0.717) is 11.5 Å². The molecule has 6 nitrogen and oxygen atoms in total. The van der Waals surface area contributed by atoms with Crippen molar-refractivity contribution in [2.24, 2.45) is 0 Å². The first-order valence-electron chi connectivity index (χ1n) is 8.88. The molecule has 0 aliphatic heterocycles. The van der Waals surface area contributed by atoms with Gasteiger partial charge in [-0.05, 0) is 26.0 Å². The van der Waals surface area contributed by atoms with Crippen molar-refractivity contribution in [3.8, 4) is 11.5 Å². The van der Waals surface area contributed by atoms with E-state index in [9.17, 15) is 9.59 Å². The van der Waals surface area contributed by atoms with Crippen molar-refractivity contribution in [2.75, 3.05) is 13.2 Å². The number of benzene rings is 2. The van der Waals surface area contributed by atoms with E-state index in [1.165, 1.54) is 0 Å². The van der Waals surface area contributed by atoms with Crippen LogP contribution in [0.2, 0.25) is 0 Å². The minimum Gasteiger partial charge on any atom is -0.489 e. The molecule has 0 aliphatic rings. The number of carbonyl (C=O) groups is 2. The number of carbonyl (C=O) groups excluding carboxylic acids is 2. The van der Waals surface area contributed by atoms with E-state index in [1.54, 1.807) is 13.8 Å². The summed E-state index contributed by atoms with van der Waals surface area (Å²) < 4.78 is 21.9. The van der Waals surface area contributed by atoms with Crippen molar-refractivity contribution < 1.29 is 28.5 Å². The van der Waals surface area contributed by atoms with Crippen LogP contribution in [0.15, 0.2) is 61.7 Å². The van der Waals surface area contributed by atoms with Gasteiger partial charge in [0.05, 0.1) is 0 Å². The van der Waals surface area contributed by atoms with Gasteiger partial charge in [0.25, 0.3) is 0 Å². The van der Waals surface area contributed by atoms with Crippen LogP contribution in [0.3, 0.4) is 0 Å². The molecule has 0 saturated carbocycles. The molecule has 2 unspecified atom stereocenters. The Hall–Kier alpha value is -3.28. The fraction of sp³-hybridized carbons (Fsp3) is 0.273. The minimum absolute atomic E-state index is 0.207. The predicted octanol–water partition coefficient (Wildman–Crippen LogP) is 3.83. The monoisotopic (exact) mass is 384 g/mol. The highest BCUT2D eigenvalue weighted by Crippen LogP contribution is 2.32. The fourth-order valence-corrected chi connectivity index (χ4v) is 2.48. The third kappa shape index (κ3) is 5.87. The summed E-state index contributed by atoms with van der Waals surface area (Å²) in [7, 11) is 0. The molecule has 2 aromatic rings. The maximum absolute atomic E-state index is 11.3. The molecule has 0 amide bonds. The molecule has 28 heavy (non-hydrogen) atoms. The lowest BCUT2D eigenvalue weighted by molar-refractivity contribution is -0.144. The molecule has 148 valence electrons. The number of fused-ring (bicyclic) bond motifs is 1.